The van der Waals surface area contributed by atoms with Gasteiger partial charge in [-0.1, -0.05) is 42.5 Å². The number of hydrogen-bond donors (Lipinski definition) is 1. The molecule has 1 atom stereocenters. The van der Waals surface area contributed by atoms with Crippen molar-refractivity contribution in [2.75, 3.05) is 13.1 Å². The van der Waals surface area contributed by atoms with Crippen molar-refractivity contribution >= 4 is 10.8 Å². The zero-order chi connectivity index (χ0) is 13.4. The SMILES string of the molecule is c1ccc2c(C3CCC4(CCNCC4)C3)cccc2c1. The first-order valence-corrected chi connectivity index (χ1v) is 8.05. The Hall–Kier alpha value is -1.34. The van der Waals surface area contributed by atoms with Gasteiger partial charge in [-0.15, -0.1) is 0 Å². The Kier molecular flexibility index (Phi) is 3.03. The summed E-state index contributed by atoms with van der Waals surface area (Å²) in [5.41, 5.74) is 2.24. The Morgan fingerprint density at radius 3 is 2.60 bits per heavy atom. The average molecular weight is 265 g/mol. The smallest absolute Gasteiger partial charge is 0.00436 e. The third kappa shape index (κ3) is 2.05. The van der Waals surface area contributed by atoms with Gasteiger partial charge in [0.25, 0.3) is 0 Å². The number of nitrogens with one attached hydrogen (secondary N) is 1. The average Bonchev–Trinajstić information content (AvgIpc) is 2.91. The molecule has 1 saturated heterocycles. The molecule has 0 radical (unpaired) electrons. The molecule has 0 bridgehead atoms. The molecule has 4 rings (SSSR count). The lowest BCUT2D eigenvalue weighted by atomic mass is 9.76. The number of hydrogen-bond acceptors (Lipinski definition) is 1. The summed E-state index contributed by atoms with van der Waals surface area (Å²) < 4.78 is 0. The van der Waals surface area contributed by atoms with E-state index in [9.17, 15) is 0 Å². The molecule has 1 saturated carbocycles. The number of rotatable bonds is 1. The van der Waals surface area contributed by atoms with Crippen LogP contribution in [0.1, 0.15) is 43.6 Å². The van der Waals surface area contributed by atoms with Crippen LogP contribution in [-0.4, -0.2) is 13.1 Å². The molecule has 2 aromatic rings. The Balaban J connectivity index is 1.67. The molecular formula is C19H23N. The van der Waals surface area contributed by atoms with E-state index in [2.05, 4.69) is 47.8 Å². The van der Waals surface area contributed by atoms with Gasteiger partial charge >= 0.3 is 0 Å². The molecular weight excluding hydrogens is 242 g/mol. The maximum Gasteiger partial charge on any atom is -0.00436 e. The number of fused-ring (bicyclic) bond motifs is 1. The minimum atomic E-state index is 0.646. The van der Waals surface area contributed by atoms with Crippen molar-refractivity contribution in [3.63, 3.8) is 0 Å². The number of benzene rings is 2. The maximum atomic E-state index is 3.52. The largest absolute Gasteiger partial charge is 0.317 e. The fourth-order valence-electron chi connectivity index (χ4n) is 4.49. The van der Waals surface area contributed by atoms with Gasteiger partial charge in [-0.3, -0.25) is 0 Å². The van der Waals surface area contributed by atoms with Gasteiger partial charge < -0.3 is 5.32 Å². The third-order valence-corrected chi connectivity index (χ3v) is 5.63. The first-order chi connectivity index (χ1) is 9.86. The summed E-state index contributed by atoms with van der Waals surface area (Å²) in [4.78, 5) is 0. The second-order valence-electron chi connectivity index (χ2n) is 6.76. The minimum Gasteiger partial charge on any atom is -0.317 e. The van der Waals surface area contributed by atoms with Crippen molar-refractivity contribution < 1.29 is 0 Å². The minimum absolute atomic E-state index is 0.646. The van der Waals surface area contributed by atoms with E-state index in [1.54, 1.807) is 5.56 Å². The monoisotopic (exact) mass is 265 g/mol. The van der Waals surface area contributed by atoms with Crippen molar-refractivity contribution in [3.8, 4) is 0 Å². The summed E-state index contributed by atoms with van der Waals surface area (Å²) in [6.07, 6.45) is 6.99. The van der Waals surface area contributed by atoms with E-state index in [1.807, 2.05) is 0 Å². The Morgan fingerprint density at radius 1 is 0.900 bits per heavy atom. The summed E-state index contributed by atoms with van der Waals surface area (Å²) in [5.74, 6) is 0.777. The molecule has 2 aromatic carbocycles. The van der Waals surface area contributed by atoms with E-state index in [-0.39, 0.29) is 0 Å². The van der Waals surface area contributed by atoms with E-state index < -0.39 is 0 Å². The van der Waals surface area contributed by atoms with Crippen molar-refractivity contribution in [1.29, 1.82) is 0 Å². The number of piperidine rings is 1. The van der Waals surface area contributed by atoms with Gasteiger partial charge in [0.2, 0.25) is 0 Å². The van der Waals surface area contributed by atoms with E-state index >= 15 is 0 Å². The zero-order valence-corrected chi connectivity index (χ0v) is 12.1. The Bertz CT molecular complexity index is 605. The van der Waals surface area contributed by atoms with Crippen LogP contribution in [0.4, 0.5) is 0 Å². The summed E-state index contributed by atoms with van der Waals surface area (Å²) >= 11 is 0. The Morgan fingerprint density at radius 2 is 1.70 bits per heavy atom. The maximum absolute atomic E-state index is 3.52. The molecule has 1 heteroatoms. The first kappa shape index (κ1) is 12.4. The van der Waals surface area contributed by atoms with Crippen LogP contribution < -0.4 is 5.32 Å². The van der Waals surface area contributed by atoms with Crippen LogP contribution in [0.25, 0.3) is 10.8 Å². The van der Waals surface area contributed by atoms with Gasteiger partial charge in [0.1, 0.15) is 0 Å². The van der Waals surface area contributed by atoms with Crippen molar-refractivity contribution in [3.05, 3.63) is 48.0 Å². The fraction of sp³-hybridized carbons (Fsp3) is 0.474. The second-order valence-corrected chi connectivity index (χ2v) is 6.76. The van der Waals surface area contributed by atoms with Crippen molar-refractivity contribution in [2.45, 2.75) is 38.0 Å². The van der Waals surface area contributed by atoms with Crippen LogP contribution >= 0.6 is 0 Å². The normalized spacial score (nSPS) is 25.3. The van der Waals surface area contributed by atoms with Gasteiger partial charge in [-0.2, -0.15) is 0 Å². The van der Waals surface area contributed by atoms with Crippen LogP contribution in [0.2, 0.25) is 0 Å². The molecule has 1 nitrogen and oxygen atoms in total. The standard InChI is InChI=1S/C19H23N/c1-2-6-17-15(4-1)5-3-7-18(17)16-8-9-19(14-16)10-12-20-13-11-19/h1-7,16,20H,8-14H2. The molecule has 104 valence electrons. The quantitative estimate of drug-likeness (QED) is 0.801. The molecule has 1 aliphatic heterocycles. The molecule has 1 unspecified atom stereocenters. The Labute approximate surface area is 121 Å². The highest BCUT2D eigenvalue weighted by Gasteiger charge is 2.40. The van der Waals surface area contributed by atoms with Gasteiger partial charge in [-0.25, -0.2) is 0 Å². The molecule has 1 aliphatic carbocycles. The van der Waals surface area contributed by atoms with Gasteiger partial charge in [0.15, 0.2) is 0 Å². The van der Waals surface area contributed by atoms with E-state index in [0.29, 0.717) is 5.41 Å². The predicted octanol–water partition coefficient (Wildman–Crippen LogP) is 4.48. The summed E-state index contributed by atoms with van der Waals surface area (Å²) in [6, 6.07) is 15.7. The highest BCUT2D eigenvalue weighted by Crippen LogP contribution is 2.52. The lowest BCUT2D eigenvalue weighted by Crippen LogP contribution is -2.35. The summed E-state index contributed by atoms with van der Waals surface area (Å²) in [7, 11) is 0. The molecule has 1 spiro atoms. The molecule has 1 heterocycles. The van der Waals surface area contributed by atoms with Crippen LogP contribution in [0.3, 0.4) is 0 Å². The molecule has 0 aromatic heterocycles. The highest BCUT2D eigenvalue weighted by atomic mass is 14.9. The second kappa shape index (κ2) is 4.89. The lowest BCUT2D eigenvalue weighted by molar-refractivity contribution is 0.207. The van der Waals surface area contributed by atoms with Gasteiger partial charge in [0, 0.05) is 0 Å². The van der Waals surface area contributed by atoms with E-state index in [0.717, 1.165) is 5.92 Å². The topological polar surface area (TPSA) is 12.0 Å². The predicted molar refractivity (Wildman–Crippen MR) is 85.1 cm³/mol. The van der Waals surface area contributed by atoms with Gasteiger partial charge in [0.05, 0.1) is 0 Å². The van der Waals surface area contributed by atoms with Crippen molar-refractivity contribution in [2.24, 2.45) is 5.41 Å². The zero-order valence-electron chi connectivity index (χ0n) is 12.1. The van der Waals surface area contributed by atoms with Crippen LogP contribution in [-0.2, 0) is 0 Å². The lowest BCUT2D eigenvalue weighted by Gasteiger charge is -2.34. The first-order valence-electron chi connectivity index (χ1n) is 8.05. The van der Waals surface area contributed by atoms with Crippen molar-refractivity contribution in [1.82, 2.24) is 5.32 Å². The van der Waals surface area contributed by atoms with Crippen LogP contribution in [0.5, 0.6) is 0 Å². The fourth-order valence-corrected chi connectivity index (χ4v) is 4.49. The summed E-state index contributed by atoms with van der Waals surface area (Å²) in [6.45, 7) is 2.45. The molecule has 2 fully saturated rings. The van der Waals surface area contributed by atoms with E-state index in [1.165, 1.54) is 56.0 Å². The van der Waals surface area contributed by atoms with Gasteiger partial charge in [-0.05, 0) is 72.9 Å². The summed E-state index contributed by atoms with van der Waals surface area (Å²) in [5, 5.41) is 6.40. The molecule has 20 heavy (non-hydrogen) atoms. The molecule has 1 N–H and O–H groups in total. The molecule has 0 amide bonds. The molecule has 2 aliphatic rings. The van der Waals surface area contributed by atoms with E-state index in [4.69, 9.17) is 0 Å². The van der Waals surface area contributed by atoms with Crippen LogP contribution in [0, 0.1) is 5.41 Å². The third-order valence-electron chi connectivity index (χ3n) is 5.63. The van der Waals surface area contributed by atoms with Crippen LogP contribution in [0.15, 0.2) is 42.5 Å². The highest BCUT2D eigenvalue weighted by molar-refractivity contribution is 5.86.